The Hall–Kier alpha value is -1.02. The second-order valence-corrected chi connectivity index (χ2v) is 4.30. The van der Waals surface area contributed by atoms with Crippen molar-refractivity contribution in [2.75, 3.05) is 6.54 Å². The molecule has 0 bridgehead atoms. The van der Waals surface area contributed by atoms with E-state index in [-0.39, 0.29) is 6.10 Å². The van der Waals surface area contributed by atoms with Crippen LogP contribution in [0.2, 0.25) is 0 Å². The molecule has 0 aromatic heterocycles. The predicted octanol–water partition coefficient (Wildman–Crippen LogP) is 3.36. The molecule has 0 unspecified atom stereocenters. The number of benzene rings is 1. The van der Waals surface area contributed by atoms with E-state index < -0.39 is 0 Å². The summed E-state index contributed by atoms with van der Waals surface area (Å²) in [7, 11) is 0. The van der Waals surface area contributed by atoms with Gasteiger partial charge in [0, 0.05) is 12.1 Å². The standard InChI is InChI=1S/C14H23NO/c1-4-5-10-15-11-13-8-6-7-9-14(13)16-12(2)3/h6-9,12,15H,4-5,10-11H2,1-3H3. The molecule has 1 aromatic carbocycles. The van der Waals surface area contributed by atoms with E-state index in [1.807, 2.05) is 12.1 Å². The molecule has 0 saturated carbocycles. The Bertz CT molecular complexity index is 297. The lowest BCUT2D eigenvalue weighted by atomic mass is 10.2. The van der Waals surface area contributed by atoms with Gasteiger partial charge in [0.25, 0.3) is 0 Å². The van der Waals surface area contributed by atoms with Crippen molar-refractivity contribution in [3.05, 3.63) is 29.8 Å². The van der Waals surface area contributed by atoms with Crippen molar-refractivity contribution in [3.63, 3.8) is 0 Å². The first-order valence-corrected chi connectivity index (χ1v) is 6.19. The number of para-hydroxylation sites is 1. The maximum Gasteiger partial charge on any atom is 0.124 e. The van der Waals surface area contributed by atoms with E-state index in [0.717, 1.165) is 18.8 Å². The Morgan fingerprint density at radius 1 is 1.25 bits per heavy atom. The van der Waals surface area contributed by atoms with Gasteiger partial charge in [-0.3, -0.25) is 0 Å². The van der Waals surface area contributed by atoms with E-state index in [1.165, 1.54) is 18.4 Å². The summed E-state index contributed by atoms with van der Waals surface area (Å²) < 4.78 is 5.76. The van der Waals surface area contributed by atoms with Crippen LogP contribution < -0.4 is 10.1 Å². The molecule has 0 aliphatic carbocycles. The van der Waals surface area contributed by atoms with E-state index in [4.69, 9.17) is 4.74 Å². The third-order valence-corrected chi connectivity index (χ3v) is 2.36. The van der Waals surface area contributed by atoms with E-state index >= 15 is 0 Å². The zero-order valence-electron chi connectivity index (χ0n) is 10.6. The molecule has 0 fully saturated rings. The molecule has 0 radical (unpaired) electrons. The second-order valence-electron chi connectivity index (χ2n) is 4.30. The average molecular weight is 221 g/mol. The smallest absolute Gasteiger partial charge is 0.124 e. The Morgan fingerprint density at radius 2 is 2.00 bits per heavy atom. The zero-order chi connectivity index (χ0) is 11.8. The summed E-state index contributed by atoms with van der Waals surface area (Å²) in [6.07, 6.45) is 2.70. The van der Waals surface area contributed by atoms with Crippen LogP contribution in [-0.4, -0.2) is 12.6 Å². The number of hydrogen-bond acceptors (Lipinski definition) is 2. The quantitative estimate of drug-likeness (QED) is 0.713. The first-order chi connectivity index (χ1) is 7.74. The normalized spacial score (nSPS) is 10.8. The zero-order valence-corrected chi connectivity index (χ0v) is 10.6. The second kappa shape index (κ2) is 7.29. The Kier molecular flexibility index (Phi) is 5.94. The van der Waals surface area contributed by atoms with Gasteiger partial charge in [-0.25, -0.2) is 0 Å². The summed E-state index contributed by atoms with van der Waals surface area (Å²) in [6, 6.07) is 8.24. The molecule has 90 valence electrons. The van der Waals surface area contributed by atoms with Gasteiger partial charge in [-0.1, -0.05) is 31.5 Å². The van der Waals surface area contributed by atoms with E-state index in [9.17, 15) is 0 Å². The molecule has 2 nitrogen and oxygen atoms in total. The average Bonchev–Trinajstić information content (AvgIpc) is 2.26. The van der Waals surface area contributed by atoms with Gasteiger partial charge in [0.1, 0.15) is 5.75 Å². The number of hydrogen-bond donors (Lipinski definition) is 1. The molecule has 0 spiro atoms. The third-order valence-electron chi connectivity index (χ3n) is 2.36. The summed E-state index contributed by atoms with van der Waals surface area (Å²) in [6.45, 7) is 8.29. The van der Waals surface area contributed by atoms with Crippen LogP contribution in [0.1, 0.15) is 39.2 Å². The summed E-state index contributed by atoms with van der Waals surface area (Å²) >= 11 is 0. The monoisotopic (exact) mass is 221 g/mol. The molecule has 0 saturated heterocycles. The fraction of sp³-hybridized carbons (Fsp3) is 0.571. The maximum absolute atomic E-state index is 5.76. The van der Waals surface area contributed by atoms with Gasteiger partial charge in [0.05, 0.1) is 6.10 Å². The molecule has 2 heteroatoms. The van der Waals surface area contributed by atoms with Crippen molar-refractivity contribution in [2.45, 2.75) is 46.3 Å². The molecule has 1 aromatic rings. The van der Waals surface area contributed by atoms with Crippen LogP contribution in [0, 0.1) is 0 Å². The van der Waals surface area contributed by atoms with Crippen LogP contribution in [0.15, 0.2) is 24.3 Å². The highest BCUT2D eigenvalue weighted by molar-refractivity contribution is 5.33. The third kappa shape index (κ3) is 4.67. The molecule has 0 atom stereocenters. The number of rotatable bonds is 7. The van der Waals surface area contributed by atoms with Gasteiger partial charge in [-0.15, -0.1) is 0 Å². The summed E-state index contributed by atoms with van der Waals surface area (Å²) in [5.41, 5.74) is 1.24. The van der Waals surface area contributed by atoms with Gasteiger partial charge >= 0.3 is 0 Å². The van der Waals surface area contributed by atoms with Crippen LogP contribution in [0.5, 0.6) is 5.75 Å². The van der Waals surface area contributed by atoms with Gasteiger partial charge in [0.2, 0.25) is 0 Å². The van der Waals surface area contributed by atoms with Crippen LogP contribution in [0.3, 0.4) is 0 Å². The predicted molar refractivity (Wildman–Crippen MR) is 68.8 cm³/mol. The Balaban J connectivity index is 2.50. The summed E-state index contributed by atoms with van der Waals surface area (Å²) in [4.78, 5) is 0. The first kappa shape index (κ1) is 13.0. The summed E-state index contributed by atoms with van der Waals surface area (Å²) in [5.74, 6) is 1.00. The Morgan fingerprint density at radius 3 is 2.69 bits per heavy atom. The molecule has 16 heavy (non-hydrogen) atoms. The van der Waals surface area contributed by atoms with Crippen molar-refractivity contribution in [3.8, 4) is 5.75 Å². The molecular weight excluding hydrogens is 198 g/mol. The van der Waals surface area contributed by atoms with Crippen LogP contribution in [0.25, 0.3) is 0 Å². The topological polar surface area (TPSA) is 21.3 Å². The van der Waals surface area contributed by atoms with E-state index in [1.54, 1.807) is 0 Å². The lowest BCUT2D eigenvalue weighted by molar-refractivity contribution is 0.239. The highest BCUT2D eigenvalue weighted by Crippen LogP contribution is 2.18. The lowest BCUT2D eigenvalue weighted by Crippen LogP contribution is -2.16. The minimum Gasteiger partial charge on any atom is -0.491 e. The Labute approximate surface area is 99.0 Å². The fourth-order valence-electron chi connectivity index (χ4n) is 1.54. The van der Waals surface area contributed by atoms with Crippen molar-refractivity contribution in [1.82, 2.24) is 5.32 Å². The number of unbranched alkanes of at least 4 members (excludes halogenated alkanes) is 1. The van der Waals surface area contributed by atoms with Crippen molar-refractivity contribution in [1.29, 1.82) is 0 Å². The largest absolute Gasteiger partial charge is 0.491 e. The minimum atomic E-state index is 0.233. The van der Waals surface area contributed by atoms with Gasteiger partial charge in [-0.2, -0.15) is 0 Å². The van der Waals surface area contributed by atoms with Crippen molar-refractivity contribution >= 4 is 0 Å². The fourth-order valence-corrected chi connectivity index (χ4v) is 1.54. The van der Waals surface area contributed by atoms with Gasteiger partial charge < -0.3 is 10.1 Å². The maximum atomic E-state index is 5.76. The molecule has 1 N–H and O–H groups in total. The first-order valence-electron chi connectivity index (χ1n) is 6.19. The van der Waals surface area contributed by atoms with Crippen LogP contribution in [0.4, 0.5) is 0 Å². The van der Waals surface area contributed by atoms with E-state index in [0.29, 0.717) is 0 Å². The molecule has 0 heterocycles. The molecule has 0 aliphatic rings. The molecule has 0 amide bonds. The molecular formula is C14H23NO. The minimum absolute atomic E-state index is 0.233. The van der Waals surface area contributed by atoms with Gasteiger partial charge in [0.15, 0.2) is 0 Å². The molecule has 0 aliphatic heterocycles. The highest BCUT2D eigenvalue weighted by atomic mass is 16.5. The SMILES string of the molecule is CCCCNCc1ccccc1OC(C)C. The number of ether oxygens (including phenoxy) is 1. The lowest BCUT2D eigenvalue weighted by Gasteiger charge is -2.14. The van der Waals surface area contributed by atoms with Crippen LogP contribution >= 0.6 is 0 Å². The molecule has 1 rings (SSSR count). The number of nitrogens with one attached hydrogen (secondary N) is 1. The van der Waals surface area contributed by atoms with Crippen molar-refractivity contribution in [2.24, 2.45) is 0 Å². The highest BCUT2D eigenvalue weighted by Gasteiger charge is 2.03. The van der Waals surface area contributed by atoms with Crippen LogP contribution in [-0.2, 0) is 6.54 Å². The van der Waals surface area contributed by atoms with Gasteiger partial charge in [-0.05, 0) is 32.9 Å². The van der Waals surface area contributed by atoms with E-state index in [2.05, 4.69) is 38.2 Å². The van der Waals surface area contributed by atoms with Crippen molar-refractivity contribution < 1.29 is 4.74 Å². The summed E-state index contributed by atoms with van der Waals surface area (Å²) in [5, 5.41) is 3.44.